The molecule has 0 radical (unpaired) electrons. The number of likely N-dealkylation sites (tertiary alicyclic amines) is 1. The Morgan fingerprint density at radius 2 is 2.06 bits per heavy atom. The maximum Gasteiger partial charge on any atom is 0.0471 e. The summed E-state index contributed by atoms with van der Waals surface area (Å²) in [5.41, 5.74) is 0. The van der Waals surface area contributed by atoms with E-state index in [1.807, 2.05) is 0 Å². The molecule has 0 aromatic carbocycles. The molecular formula is C15H30N2O. The molecule has 0 spiro atoms. The van der Waals surface area contributed by atoms with Gasteiger partial charge in [0.2, 0.25) is 0 Å². The van der Waals surface area contributed by atoms with Gasteiger partial charge in [0.15, 0.2) is 0 Å². The average molecular weight is 254 g/mol. The Hall–Kier alpha value is -0.120. The van der Waals surface area contributed by atoms with E-state index in [9.17, 15) is 5.11 Å². The lowest BCUT2D eigenvalue weighted by Gasteiger charge is -2.38. The van der Waals surface area contributed by atoms with Crippen molar-refractivity contribution in [3.8, 4) is 0 Å². The molecule has 1 saturated carbocycles. The summed E-state index contributed by atoms with van der Waals surface area (Å²) in [6, 6.07) is 0.709. The van der Waals surface area contributed by atoms with Crippen molar-refractivity contribution in [3.05, 3.63) is 0 Å². The zero-order chi connectivity index (χ0) is 13.0. The zero-order valence-electron chi connectivity index (χ0n) is 12.1. The second kappa shape index (κ2) is 6.88. The second-order valence-corrected chi connectivity index (χ2v) is 6.34. The molecule has 1 aliphatic heterocycles. The highest BCUT2D eigenvalue weighted by Crippen LogP contribution is 2.32. The molecule has 1 heterocycles. The molecule has 2 aliphatic rings. The van der Waals surface area contributed by atoms with Crippen molar-refractivity contribution in [1.82, 2.24) is 10.2 Å². The van der Waals surface area contributed by atoms with Gasteiger partial charge in [-0.25, -0.2) is 0 Å². The van der Waals surface area contributed by atoms with Crippen molar-refractivity contribution in [3.63, 3.8) is 0 Å². The molecule has 4 atom stereocenters. The predicted molar refractivity (Wildman–Crippen MR) is 75.6 cm³/mol. The summed E-state index contributed by atoms with van der Waals surface area (Å²) in [5.74, 6) is 2.28. The van der Waals surface area contributed by atoms with E-state index in [-0.39, 0.29) is 0 Å². The average Bonchev–Trinajstić information content (AvgIpc) is 2.86. The molecule has 0 aromatic rings. The molecule has 2 rings (SSSR count). The fourth-order valence-corrected chi connectivity index (χ4v) is 3.87. The SMILES string of the molecule is CCC1CCC(NC)C(CN2CCC(CO)C2)C1. The van der Waals surface area contributed by atoms with E-state index in [0.717, 1.165) is 18.4 Å². The molecule has 1 aliphatic carbocycles. The number of nitrogens with one attached hydrogen (secondary N) is 1. The third-order valence-corrected chi connectivity index (χ3v) is 5.16. The van der Waals surface area contributed by atoms with E-state index in [1.54, 1.807) is 0 Å². The number of aliphatic hydroxyl groups is 1. The van der Waals surface area contributed by atoms with Gasteiger partial charge in [0.1, 0.15) is 0 Å². The van der Waals surface area contributed by atoms with Crippen LogP contribution in [0.1, 0.15) is 39.0 Å². The number of aliphatic hydroxyl groups excluding tert-OH is 1. The molecule has 0 amide bonds. The molecule has 3 nitrogen and oxygen atoms in total. The first-order chi connectivity index (χ1) is 8.76. The van der Waals surface area contributed by atoms with E-state index in [0.29, 0.717) is 18.6 Å². The minimum atomic E-state index is 0.369. The van der Waals surface area contributed by atoms with Crippen molar-refractivity contribution >= 4 is 0 Å². The molecule has 2 N–H and O–H groups in total. The van der Waals surface area contributed by atoms with Crippen LogP contribution in [0.5, 0.6) is 0 Å². The van der Waals surface area contributed by atoms with Crippen LogP contribution in [0, 0.1) is 17.8 Å². The van der Waals surface area contributed by atoms with Crippen LogP contribution in [-0.2, 0) is 0 Å². The lowest BCUT2D eigenvalue weighted by atomic mass is 9.76. The summed E-state index contributed by atoms with van der Waals surface area (Å²) in [6.07, 6.45) is 6.66. The van der Waals surface area contributed by atoms with Crippen molar-refractivity contribution < 1.29 is 5.11 Å². The number of rotatable bonds is 5. The van der Waals surface area contributed by atoms with Crippen LogP contribution < -0.4 is 5.32 Å². The Kier molecular flexibility index (Phi) is 5.46. The maximum atomic E-state index is 9.23. The molecule has 2 fully saturated rings. The van der Waals surface area contributed by atoms with Gasteiger partial charge in [-0.2, -0.15) is 0 Å². The smallest absolute Gasteiger partial charge is 0.0471 e. The van der Waals surface area contributed by atoms with Gasteiger partial charge in [0.05, 0.1) is 0 Å². The summed E-state index contributed by atoms with van der Waals surface area (Å²) >= 11 is 0. The molecular weight excluding hydrogens is 224 g/mol. The van der Waals surface area contributed by atoms with Crippen LogP contribution in [0.4, 0.5) is 0 Å². The first-order valence-electron chi connectivity index (χ1n) is 7.77. The summed E-state index contributed by atoms with van der Waals surface area (Å²) in [4.78, 5) is 2.58. The third-order valence-electron chi connectivity index (χ3n) is 5.16. The van der Waals surface area contributed by atoms with Crippen LogP contribution >= 0.6 is 0 Å². The topological polar surface area (TPSA) is 35.5 Å². The van der Waals surface area contributed by atoms with Crippen molar-refractivity contribution in [2.75, 3.05) is 33.3 Å². The van der Waals surface area contributed by atoms with E-state index >= 15 is 0 Å². The third kappa shape index (κ3) is 3.46. The Morgan fingerprint density at radius 1 is 1.22 bits per heavy atom. The standard InChI is InChI=1S/C15H30N2O/c1-3-12-4-5-15(16-2)14(8-12)10-17-7-6-13(9-17)11-18/h12-16,18H,3-11H2,1-2H3. The highest BCUT2D eigenvalue weighted by molar-refractivity contribution is 4.87. The number of nitrogens with zero attached hydrogens (tertiary/aromatic N) is 1. The fourth-order valence-electron chi connectivity index (χ4n) is 3.87. The molecule has 0 aromatic heterocycles. The first kappa shape index (κ1) is 14.3. The normalized spacial score (nSPS) is 38.2. The van der Waals surface area contributed by atoms with E-state index < -0.39 is 0 Å². The Bertz CT molecular complexity index is 247. The molecule has 106 valence electrons. The van der Waals surface area contributed by atoms with Crippen molar-refractivity contribution in [2.24, 2.45) is 17.8 Å². The molecule has 18 heavy (non-hydrogen) atoms. The van der Waals surface area contributed by atoms with E-state index in [1.165, 1.54) is 45.2 Å². The van der Waals surface area contributed by atoms with Crippen molar-refractivity contribution in [1.29, 1.82) is 0 Å². The van der Waals surface area contributed by atoms with Gasteiger partial charge in [-0.05, 0) is 57.0 Å². The lowest BCUT2D eigenvalue weighted by Crippen LogP contribution is -2.44. The van der Waals surface area contributed by atoms with E-state index in [4.69, 9.17) is 0 Å². The Morgan fingerprint density at radius 3 is 2.67 bits per heavy atom. The van der Waals surface area contributed by atoms with Gasteiger partial charge in [0, 0.05) is 25.7 Å². The van der Waals surface area contributed by atoms with Gasteiger partial charge in [-0.3, -0.25) is 0 Å². The van der Waals surface area contributed by atoms with Crippen molar-refractivity contribution in [2.45, 2.75) is 45.1 Å². The first-order valence-corrected chi connectivity index (χ1v) is 7.77. The van der Waals surface area contributed by atoms with Crippen LogP contribution in [-0.4, -0.2) is 49.3 Å². The van der Waals surface area contributed by atoms with Crippen LogP contribution in [0.15, 0.2) is 0 Å². The minimum absolute atomic E-state index is 0.369. The summed E-state index contributed by atoms with van der Waals surface area (Å²) in [5, 5.41) is 12.8. The van der Waals surface area contributed by atoms with Gasteiger partial charge < -0.3 is 15.3 Å². The molecule has 1 saturated heterocycles. The minimum Gasteiger partial charge on any atom is -0.396 e. The van der Waals surface area contributed by atoms with Crippen LogP contribution in [0.2, 0.25) is 0 Å². The van der Waals surface area contributed by atoms with E-state index in [2.05, 4.69) is 24.2 Å². The molecule has 4 unspecified atom stereocenters. The largest absolute Gasteiger partial charge is 0.396 e. The Balaban J connectivity index is 1.85. The lowest BCUT2D eigenvalue weighted by molar-refractivity contribution is 0.149. The number of hydrogen-bond donors (Lipinski definition) is 2. The molecule has 3 heteroatoms. The quantitative estimate of drug-likeness (QED) is 0.784. The van der Waals surface area contributed by atoms with Gasteiger partial charge in [-0.1, -0.05) is 13.3 Å². The molecule has 0 bridgehead atoms. The van der Waals surface area contributed by atoms with Crippen LogP contribution in [0.3, 0.4) is 0 Å². The van der Waals surface area contributed by atoms with Gasteiger partial charge in [0.25, 0.3) is 0 Å². The monoisotopic (exact) mass is 254 g/mol. The Labute approximate surface area is 112 Å². The summed E-state index contributed by atoms with van der Waals surface area (Å²) < 4.78 is 0. The van der Waals surface area contributed by atoms with Gasteiger partial charge >= 0.3 is 0 Å². The highest BCUT2D eigenvalue weighted by Gasteiger charge is 2.32. The van der Waals surface area contributed by atoms with Gasteiger partial charge in [-0.15, -0.1) is 0 Å². The van der Waals surface area contributed by atoms with Crippen LogP contribution in [0.25, 0.3) is 0 Å². The maximum absolute atomic E-state index is 9.23. The highest BCUT2D eigenvalue weighted by atomic mass is 16.3. The summed E-state index contributed by atoms with van der Waals surface area (Å²) in [7, 11) is 2.12. The second-order valence-electron chi connectivity index (χ2n) is 6.34. The summed E-state index contributed by atoms with van der Waals surface area (Å²) in [6.45, 7) is 6.24. The zero-order valence-corrected chi connectivity index (χ0v) is 12.1. The predicted octanol–water partition coefficient (Wildman–Crippen LogP) is 1.71. The fraction of sp³-hybridized carbons (Fsp3) is 1.00. The number of hydrogen-bond acceptors (Lipinski definition) is 3.